The monoisotopic (exact) mass is 326 g/mol. The molecule has 1 saturated heterocycles. The van der Waals surface area contributed by atoms with Gasteiger partial charge in [-0.05, 0) is 35.9 Å². The Bertz CT molecular complexity index is 924. The van der Waals surface area contributed by atoms with Gasteiger partial charge in [0.2, 0.25) is 0 Å². The van der Waals surface area contributed by atoms with Crippen LogP contribution in [0.3, 0.4) is 0 Å². The van der Waals surface area contributed by atoms with Crippen LogP contribution in [0.4, 0.5) is 14.9 Å². The Kier molecular flexibility index (Phi) is 3.42. The topological polar surface area (TPSA) is 84.2 Å². The molecule has 2 aromatic heterocycles. The molecule has 0 radical (unpaired) electrons. The van der Waals surface area contributed by atoms with Crippen LogP contribution in [0.25, 0.3) is 22.2 Å². The molecular weight excluding hydrogens is 311 g/mol. The Hall–Kier alpha value is -2.93. The minimum Gasteiger partial charge on any atom is -0.443 e. The average molecular weight is 326 g/mol. The van der Waals surface area contributed by atoms with Crippen molar-refractivity contribution < 1.29 is 13.9 Å². The number of nitrogens with two attached hydrogens (primary N) is 1. The number of fused-ring (bicyclic) bond motifs is 1. The lowest BCUT2D eigenvalue weighted by Gasteiger charge is -2.14. The molecule has 122 valence electrons. The van der Waals surface area contributed by atoms with Gasteiger partial charge < -0.3 is 15.5 Å². The Morgan fingerprint density at radius 3 is 2.96 bits per heavy atom. The third-order valence-electron chi connectivity index (χ3n) is 4.15. The molecule has 1 aromatic carbocycles. The predicted octanol–water partition coefficient (Wildman–Crippen LogP) is 2.65. The van der Waals surface area contributed by atoms with Gasteiger partial charge in [0.25, 0.3) is 0 Å². The number of pyridine rings is 1. The number of cyclic esters (lactones) is 1. The maximum Gasteiger partial charge on any atom is 0.414 e. The first-order valence-electron chi connectivity index (χ1n) is 7.57. The van der Waals surface area contributed by atoms with Gasteiger partial charge in [-0.2, -0.15) is 0 Å². The maximum atomic E-state index is 14.7. The molecule has 0 aliphatic carbocycles. The van der Waals surface area contributed by atoms with E-state index in [9.17, 15) is 9.18 Å². The SMILES string of the molecule is NCC1CN(c2ccc(-c3ccnc4[nH]ccc34)c(F)c2)C(=O)O1. The Morgan fingerprint density at radius 2 is 2.21 bits per heavy atom. The summed E-state index contributed by atoms with van der Waals surface area (Å²) >= 11 is 0. The summed E-state index contributed by atoms with van der Waals surface area (Å²) in [6.45, 7) is 0.566. The fourth-order valence-electron chi connectivity index (χ4n) is 2.94. The number of hydrogen-bond donors (Lipinski definition) is 2. The van der Waals surface area contributed by atoms with Crippen LogP contribution in [0.5, 0.6) is 0 Å². The van der Waals surface area contributed by atoms with Crippen molar-refractivity contribution in [3.8, 4) is 11.1 Å². The second-order valence-corrected chi connectivity index (χ2v) is 5.61. The lowest BCUT2D eigenvalue weighted by molar-refractivity contribution is 0.145. The molecule has 1 aliphatic rings. The molecule has 1 amide bonds. The molecule has 4 rings (SSSR count). The molecule has 1 atom stereocenters. The van der Waals surface area contributed by atoms with Gasteiger partial charge in [-0.3, -0.25) is 4.90 Å². The second-order valence-electron chi connectivity index (χ2n) is 5.61. The van der Waals surface area contributed by atoms with Crippen molar-refractivity contribution in [1.29, 1.82) is 0 Å². The lowest BCUT2D eigenvalue weighted by Crippen LogP contribution is -2.27. The fraction of sp³-hybridized carbons (Fsp3) is 0.176. The number of hydrogen-bond acceptors (Lipinski definition) is 4. The number of aromatic amines is 1. The number of benzene rings is 1. The van der Waals surface area contributed by atoms with Gasteiger partial charge in [-0.15, -0.1) is 0 Å². The molecule has 7 heteroatoms. The average Bonchev–Trinajstić information content (AvgIpc) is 3.20. The molecule has 3 N–H and O–H groups in total. The summed E-state index contributed by atoms with van der Waals surface area (Å²) in [6.07, 6.45) is 2.53. The highest BCUT2D eigenvalue weighted by Gasteiger charge is 2.31. The van der Waals surface area contributed by atoms with Crippen molar-refractivity contribution in [2.75, 3.05) is 18.0 Å². The summed E-state index contributed by atoms with van der Waals surface area (Å²) in [5.74, 6) is -0.412. The number of amides is 1. The maximum absolute atomic E-state index is 14.7. The summed E-state index contributed by atoms with van der Waals surface area (Å²) in [7, 11) is 0. The van der Waals surface area contributed by atoms with Crippen LogP contribution in [0.2, 0.25) is 0 Å². The zero-order valence-corrected chi connectivity index (χ0v) is 12.7. The van der Waals surface area contributed by atoms with Gasteiger partial charge in [0.1, 0.15) is 17.6 Å². The van der Waals surface area contributed by atoms with Gasteiger partial charge in [0.15, 0.2) is 0 Å². The van der Waals surface area contributed by atoms with Crippen molar-refractivity contribution in [1.82, 2.24) is 9.97 Å². The van der Waals surface area contributed by atoms with Crippen LogP contribution in [0, 0.1) is 5.82 Å². The number of aromatic nitrogens is 2. The van der Waals surface area contributed by atoms with E-state index >= 15 is 0 Å². The van der Waals surface area contributed by atoms with Crippen molar-refractivity contribution >= 4 is 22.8 Å². The number of halogens is 1. The summed E-state index contributed by atoms with van der Waals surface area (Å²) in [6, 6.07) is 8.33. The molecule has 3 aromatic rings. The zero-order chi connectivity index (χ0) is 16.7. The summed E-state index contributed by atoms with van der Waals surface area (Å²) < 4.78 is 19.8. The van der Waals surface area contributed by atoms with E-state index < -0.39 is 11.9 Å². The Morgan fingerprint density at radius 1 is 1.33 bits per heavy atom. The van der Waals surface area contributed by atoms with E-state index in [0.717, 1.165) is 10.9 Å². The van der Waals surface area contributed by atoms with Crippen LogP contribution >= 0.6 is 0 Å². The summed E-state index contributed by atoms with van der Waals surface area (Å²) in [5, 5.41) is 0.841. The van der Waals surface area contributed by atoms with Gasteiger partial charge in [0, 0.05) is 29.9 Å². The lowest BCUT2D eigenvalue weighted by atomic mass is 10.0. The number of anilines is 1. The fourth-order valence-corrected chi connectivity index (χ4v) is 2.94. The first-order chi connectivity index (χ1) is 11.7. The second kappa shape index (κ2) is 5.61. The number of nitrogens with zero attached hydrogens (tertiary/aromatic N) is 2. The van der Waals surface area contributed by atoms with Gasteiger partial charge >= 0.3 is 6.09 Å². The van der Waals surface area contributed by atoms with E-state index in [-0.39, 0.29) is 12.6 Å². The highest BCUT2D eigenvalue weighted by molar-refractivity contribution is 5.94. The molecule has 1 unspecified atom stereocenters. The van der Waals surface area contributed by atoms with Crippen molar-refractivity contribution in [3.63, 3.8) is 0 Å². The summed E-state index contributed by atoms with van der Waals surface area (Å²) in [5.41, 5.74) is 7.87. The van der Waals surface area contributed by atoms with Gasteiger partial charge in [0.05, 0.1) is 12.2 Å². The normalized spacial score (nSPS) is 17.5. The quantitative estimate of drug-likeness (QED) is 0.775. The molecule has 0 spiro atoms. The number of carbonyl (C=O) groups is 1. The third-order valence-corrected chi connectivity index (χ3v) is 4.15. The number of nitrogens with one attached hydrogen (secondary N) is 1. The van der Waals surface area contributed by atoms with E-state index in [1.54, 1.807) is 30.6 Å². The first kappa shape index (κ1) is 14.6. The highest BCUT2D eigenvalue weighted by Crippen LogP contribution is 2.32. The summed E-state index contributed by atoms with van der Waals surface area (Å²) in [4.78, 5) is 20.5. The van der Waals surface area contributed by atoms with Crippen LogP contribution in [0.15, 0.2) is 42.7 Å². The van der Waals surface area contributed by atoms with Crippen molar-refractivity contribution in [3.05, 3.63) is 48.5 Å². The van der Waals surface area contributed by atoms with Gasteiger partial charge in [-0.25, -0.2) is 14.2 Å². The highest BCUT2D eigenvalue weighted by atomic mass is 19.1. The molecule has 6 nitrogen and oxygen atoms in total. The third kappa shape index (κ3) is 2.30. The molecule has 3 heterocycles. The van der Waals surface area contributed by atoms with Crippen LogP contribution < -0.4 is 10.6 Å². The number of carbonyl (C=O) groups excluding carboxylic acids is 1. The molecule has 0 bridgehead atoms. The zero-order valence-electron chi connectivity index (χ0n) is 12.7. The number of rotatable bonds is 3. The minimum absolute atomic E-state index is 0.241. The van der Waals surface area contributed by atoms with E-state index in [2.05, 4.69) is 9.97 Å². The molecular formula is C17H15FN4O2. The Labute approximate surface area is 137 Å². The first-order valence-corrected chi connectivity index (χ1v) is 7.57. The minimum atomic E-state index is -0.505. The largest absolute Gasteiger partial charge is 0.443 e. The van der Waals surface area contributed by atoms with E-state index in [1.807, 2.05) is 6.07 Å². The van der Waals surface area contributed by atoms with Crippen molar-refractivity contribution in [2.45, 2.75) is 6.10 Å². The van der Waals surface area contributed by atoms with Crippen LogP contribution in [-0.4, -0.2) is 35.3 Å². The predicted molar refractivity (Wildman–Crippen MR) is 88.2 cm³/mol. The van der Waals surface area contributed by atoms with Gasteiger partial charge in [-0.1, -0.05) is 0 Å². The molecule has 24 heavy (non-hydrogen) atoms. The number of H-pyrrole nitrogens is 1. The smallest absolute Gasteiger partial charge is 0.414 e. The van der Waals surface area contributed by atoms with Crippen LogP contribution in [0.1, 0.15) is 0 Å². The molecule has 1 aliphatic heterocycles. The molecule has 1 fully saturated rings. The molecule has 0 saturated carbocycles. The number of ether oxygens (including phenoxy) is 1. The van der Waals surface area contributed by atoms with E-state index in [4.69, 9.17) is 10.5 Å². The standard InChI is InChI=1S/C17H15FN4O2/c18-15-7-10(22-9-11(8-19)24-17(22)23)1-2-13(15)12-3-5-20-16-14(12)4-6-21-16/h1-7,11H,8-9,19H2,(H,20,21). The van der Waals surface area contributed by atoms with E-state index in [0.29, 0.717) is 23.4 Å². The Balaban J connectivity index is 1.73. The van der Waals surface area contributed by atoms with E-state index in [1.165, 1.54) is 11.0 Å². The van der Waals surface area contributed by atoms with Crippen molar-refractivity contribution in [2.24, 2.45) is 5.73 Å². The van der Waals surface area contributed by atoms with Crippen LogP contribution in [-0.2, 0) is 4.74 Å².